The first-order valence-corrected chi connectivity index (χ1v) is 21.3. The third kappa shape index (κ3) is 5.72. The second kappa shape index (κ2) is 14.1. The molecule has 0 atom stereocenters. The first-order valence-electron chi connectivity index (χ1n) is 21.3. The van der Waals surface area contributed by atoms with E-state index in [1.54, 1.807) is 0 Å². The third-order valence-corrected chi connectivity index (χ3v) is 12.9. The van der Waals surface area contributed by atoms with Crippen LogP contribution in [0.5, 0.6) is 0 Å². The molecule has 0 spiro atoms. The van der Waals surface area contributed by atoms with Crippen LogP contribution in [0, 0.1) is 0 Å². The van der Waals surface area contributed by atoms with Gasteiger partial charge in [-0.3, -0.25) is 0 Å². The molecule has 2 aromatic heterocycles. The highest BCUT2D eigenvalue weighted by Crippen LogP contribution is 2.51. The monoisotopic (exact) mass is 792 g/mol. The van der Waals surface area contributed by atoms with Gasteiger partial charge >= 0.3 is 0 Å². The minimum Gasteiger partial charge on any atom is -0.309 e. The molecular weight excluding hydrogens is 753 g/mol. The minimum atomic E-state index is -0.157. The van der Waals surface area contributed by atoms with Crippen LogP contribution in [0.25, 0.3) is 106 Å². The van der Waals surface area contributed by atoms with Gasteiger partial charge in [-0.1, -0.05) is 196 Å². The normalized spacial score (nSPS) is 12.8. The molecule has 0 N–H and O–H groups in total. The molecule has 0 radical (unpaired) electrons. The molecular formula is C58H40N4. The van der Waals surface area contributed by atoms with E-state index in [0.29, 0.717) is 17.5 Å². The topological polar surface area (TPSA) is 43.6 Å². The Morgan fingerprint density at radius 3 is 1.61 bits per heavy atom. The maximum absolute atomic E-state index is 5.18. The summed E-state index contributed by atoms with van der Waals surface area (Å²) in [6.45, 7) is 4.71. The Balaban J connectivity index is 1.11. The summed E-state index contributed by atoms with van der Waals surface area (Å²) in [6.07, 6.45) is 0. The summed E-state index contributed by atoms with van der Waals surface area (Å²) in [5, 5.41) is 4.93. The van der Waals surface area contributed by atoms with Crippen LogP contribution in [0.4, 0.5) is 0 Å². The third-order valence-electron chi connectivity index (χ3n) is 12.9. The number of nitrogens with zero attached hydrogens (tertiary/aromatic N) is 4. The lowest BCUT2D eigenvalue weighted by atomic mass is 9.82. The largest absolute Gasteiger partial charge is 0.309 e. The van der Waals surface area contributed by atoms with Crippen molar-refractivity contribution in [1.29, 1.82) is 0 Å². The van der Waals surface area contributed by atoms with E-state index in [0.717, 1.165) is 39.0 Å². The molecule has 0 saturated heterocycles. The number of fused-ring (bicyclic) bond motifs is 7. The molecule has 0 saturated carbocycles. The van der Waals surface area contributed by atoms with Crippen molar-refractivity contribution >= 4 is 32.6 Å². The second-order valence-electron chi connectivity index (χ2n) is 16.8. The SMILES string of the molecule is CC1(C)c2ccccc2-c2cc3c4ccccc4n(-c4cc(-c5nc(-c6ccccc6)nc(-c6ccccc6)n5)ccc4-c4ccc(-c5cccc6ccccc56)cc4)c3cc21. The Bertz CT molecular complexity index is 3470. The summed E-state index contributed by atoms with van der Waals surface area (Å²) in [4.78, 5) is 15.4. The lowest BCUT2D eigenvalue weighted by Gasteiger charge is -2.22. The van der Waals surface area contributed by atoms with Crippen molar-refractivity contribution in [1.82, 2.24) is 19.5 Å². The van der Waals surface area contributed by atoms with Gasteiger partial charge < -0.3 is 4.57 Å². The van der Waals surface area contributed by atoms with Crippen LogP contribution in [-0.4, -0.2) is 19.5 Å². The van der Waals surface area contributed by atoms with Crippen LogP contribution in [0.3, 0.4) is 0 Å². The van der Waals surface area contributed by atoms with Crippen molar-refractivity contribution < 1.29 is 0 Å². The Kier molecular flexibility index (Phi) is 8.16. The fraction of sp³-hybridized carbons (Fsp3) is 0.0517. The predicted molar refractivity (Wildman–Crippen MR) is 256 cm³/mol. The molecule has 1 aliphatic rings. The summed E-state index contributed by atoms with van der Waals surface area (Å²) >= 11 is 0. The first kappa shape index (κ1) is 35.9. The van der Waals surface area contributed by atoms with E-state index in [4.69, 9.17) is 15.0 Å². The summed E-state index contributed by atoms with van der Waals surface area (Å²) < 4.78 is 2.47. The van der Waals surface area contributed by atoms with Crippen molar-refractivity contribution in [3.05, 3.63) is 217 Å². The highest BCUT2D eigenvalue weighted by Gasteiger charge is 2.36. The molecule has 62 heavy (non-hydrogen) atoms. The van der Waals surface area contributed by atoms with Gasteiger partial charge in [0.15, 0.2) is 17.5 Å². The van der Waals surface area contributed by atoms with Crippen molar-refractivity contribution in [3.63, 3.8) is 0 Å². The summed E-state index contributed by atoms with van der Waals surface area (Å²) in [6, 6.07) is 73.9. The summed E-state index contributed by atoms with van der Waals surface area (Å²) in [5.41, 5.74) is 16.0. The van der Waals surface area contributed by atoms with Crippen molar-refractivity contribution in [3.8, 4) is 73.2 Å². The van der Waals surface area contributed by atoms with Gasteiger partial charge in [0.1, 0.15) is 0 Å². The van der Waals surface area contributed by atoms with Gasteiger partial charge in [0, 0.05) is 38.4 Å². The Morgan fingerprint density at radius 1 is 0.339 bits per heavy atom. The molecule has 11 aromatic rings. The Hall–Kier alpha value is -7.95. The van der Waals surface area contributed by atoms with Gasteiger partial charge in [0.25, 0.3) is 0 Å². The molecule has 0 bridgehead atoms. The van der Waals surface area contributed by atoms with Crippen molar-refractivity contribution in [2.45, 2.75) is 19.3 Å². The van der Waals surface area contributed by atoms with E-state index in [1.165, 1.54) is 60.4 Å². The molecule has 4 heteroatoms. The zero-order valence-corrected chi connectivity index (χ0v) is 34.4. The van der Waals surface area contributed by atoms with E-state index in [2.05, 4.69) is 188 Å². The number of hydrogen-bond donors (Lipinski definition) is 0. The lowest BCUT2D eigenvalue weighted by Crippen LogP contribution is -2.15. The number of aromatic nitrogens is 4. The molecule has 9 aromatic carbocycles. The predicted octanol–water partition coefficient (Wildman–Crippen LogP) is 14.8. The van der Waals surface area contributed by atoms with Crippen molar-refractivity contribution in [2.24, 2.45) is 0 Å². The maximum atomic E-state index is 5.18. The molecule has 4 nitrogen and oxygen atoms in total. The van der Waals surface area contributed by atoms with Gasteiger partial charge in [0.05, 0.1) is 16.7 Å². The Morgan fingerprint density at radius 2 is 0.887 bits per heavy atom. The molecule has 0 fully saturated rings. The Labute approximate surface area is 360 Å². The highest BCUT2D eigenvalue weighted by molar-refractivity contribution is 6.12. The molecule has 0 unspecified atom stereocenters. The van der Waals surface area contributed by atoms with Gasteiger partial charge in [-0.05, 0) is 74.0 Å². The standard InChI is InChI=1S/C58H40N4/c1-58(2)50-26-13-11-23-46(50)48-35-49-47-24-12-14-27-52(47)62(54(49)36-51(48)58)53-34-42(57-60-55(40-17-5-3-6-18-40)59-56(61-57)41-19-7-4-8-20-41)32-33-45(53)39-30-28-38(29-31-39)44-25-15-21-37-16-9-10-22-43(37)44/h3-36H,1-2H3. The molecule has 12 rings (SSSR count). The van der Waals surface area contributed by atoms with Crippen LogP contribution < -0.4 is 0 Å². The van der Waals surface area contributed by atoms with Gasteiger partial charge in [0.2, 0.25) is 0 Å². The minimum absolute atomic E-state index is 0.157. The molecule has 0 amide bonds. The molecule has 2 heterocycles. The van der Waals surface area contributed by atoms with E-state index < -0.39 is 0 Å². The van der Waals surface area contributed by atoms with Crippen LogP contribution in [0.1, 0.15) is 25.0 Å². The summed E-state index contributed by atoms with van der Waals surface area (Å²) in [7, 11) is 0. The smallest absolute Gasteiger partial charge is 0.164 e. The molecule has 1 aliphatic carbocycles. The highest BCUT2D eigenvalue weighted by atomic mass is 15.0. The van der Waals surface area contributed by atoms with Crippen LogP contribution in [-0.2, 0) is 5.41 Å². The zero-order chi connectivity index (χ0) is 41.4. The second-order valence-corrected chi connectivity index (χ2v) is 16.8. The van der Waals surface area contributed by atoms with Crippen LogP contribution in [0.2, 0.25) is 0 Å². The quantitative estimate of drug-likeness (QED) is 0.168. The first-order chi connectivity index (χ1) is 30.5. The number of rotatable bonds is 6. The average molecular weight is 793 g/mol. The van der Waals surface area contributed by atoms with E-state index in [1.807, 2.05) is 36.4 Å². The van der Waals surface area contributed by atoms with E-state index in [-0.39, 0.29) is 5.41 Å². The van der Waals surface area contributed by atoms with E-state index in [9.17, 15) is 0 Å². The maximum Gasteiger partial charge on any atom is 0.164 e. The van der Waals surface area contributed by atoms with Gasteiger partial charge in [-0.15, -0.1) is 0 Å². The van der Waals surface area contributed by atoms with Crippen LogP contribution in [0.15, 0.2) is 206 Å². The lowest BCUT2D eigenvalue weighted by molar-refractivity contribution is 0.661. The molecule has 0 aliphatic heterocycles. The summed E-state index contributed by atoms with van der Waals surface area (Å²) in [5.74, 6) is 1.90. The van der Waals surface area contributed by atoms with Gasteiger partial charge in [-0.2, -0.15) is 0 Å². The van der Waals surface area contributed by atoms with Crippen molar-refractivity contribution in [2.75, 3.05) is 0 Å². The fourth-order valence-corrected chi connectivity index (χ4v) is 9.77. The number of benzene rings is 9. The number of hydrogen-bond acceptors (Lipinski definition) is 3. The van der Waals surface area contributed by atoms with E-state index >= 15 is 0 Å². The number of para-hydroxylation sites is 1. The van der Waals surface area contributed by atoms with Crippen LogP contribution >= 0.6 is 0 Å². The zero-order valence-electron chi connectivity index (χ0n) is 34.4. The van der Waals surface area contributed by atoms with Gasteiger partial charge in [-0.25, -0.2) is 15.0 Å². The average Bonchev–Trinajstić information content (AvgIpc) is 3.78. The fourth-order valence-electron chi connectivity index (χ4n) is 9.77. The molecule has 292 valence electrons.